The zero-order valence-electron chi connectivity index (χ0n) is 15.5. The van der Waals surface area contributed by atoms with Crippen molar-refractivity contribution in [2.45, 2.75) is 32.3 Å². The van der Waals surface area contributed by atoms with E-state index in [1.165, 1.54) is 12.8 Å². The predicted octanol–water partition coefficient (Wildman–Crippen LogP) is 3.15. The van der Waals surface area contributed by atoms with E-state index in [1.807, 2.05) is 38.1 Å². The predicted molar refractivity (Wildman–Crippen MR) is 109 cm³/mol. The molecule has 7 heteroatoms. The smallest absolute Gasteiger partial charge is 0.423 e. The Labute approximate surface area is 164 Å². The number of rotatable bonds is 3. The molecule has 2 heterocycles. The quantitative estimate of drug-likeness (QED) is 0.798. The molecule has 2 aliphatic heterocycles. The minimum atomic E-state index is -0.991. The van der Waals surface area contributed by atoms with Crippen molar-refractivity contribution in [3.05, 3.63) is 52.5 Å². The van der Waals surface area contributed by atoms with E-state index in [-0.39, 0.29) is 5.91 Å². The molecule has 0 spiro atoms. The lowest BCUT2D eigenvalue weighted by atomic mass is 9.78. The second kappa shape index (κ2) is 6.86. The van der Waals surface area contributed by atoms with Gasteiger partial charge < -0.3 is 19.9 Å². The topological polar surface area (TPSA) is 61.8 Å². The summed E-state index contributed by atoms with van der Waals surface area (Å²) in [7, 11) is -0.991. The highest BCUT2D eigenvalue weighted by atomic mass is 35.5. The van der Waals surface area contributed by atoms with Crippen LogP contribution in [-0.4, -0.2) is 31.1 Å². The van der Waals surface area contributed by atoms with Crippen LogP contribution in [0.5, 0.6) is 0 Å². The van der Waals surface area contributed by atoms with E-state index in [2.05, 4.69) is 10.2 Å². The first-order chi connectivity index (χ1) is 12.8. The summed E-state index contributed by atoms with van der Waals surface area (Å²) in [5.41, 5.74) is 3.12. The van der Waals surface area contributed by atoms with E-state index in [4.69, 9.17) is 16.3 Å². The maximum Gasteiger partial charge on any atom is 0.492 e. The van der Waals surface area contributed by atoms with Gasteiger partial charge in [0.15, 0.2) is 0 Å². The minimum absolute atomic E-state index is 0.277. The Kier molecular flexibility index (Phi) is 4.66. The molecule has 1 fully saturated rings. The maximum absolute atomic E-state index is 12.7. The summed E-state index contributed by atoms with van der Waals surface area (Å²) in [5, 5.41) is 13.4. The number of hydrogen-bond acceptors (Lipinski definition) is 4. The molecule has 2 aromatic rings. The van der Waals surface area contributed by atoms with Crippen LogP contribution in [-0.2, 0) is 10.3 Å². The number of fused-ring (bicyclic) bond motifs is 1. The molecule has 0 unspecified atom stereocenters. The van der Waals surface area contributed by atoms with E-state index in [0.29, 0.717) is 21.7 Å². The van der Waals surface area contributed by atoms with E-state index in [1.54, 1.807) is 12.1 Å². The summed E-state index contributed by atoms with van der Waals surface area (Å²) >= 11 is 6.38. The highest BCUT2D eigenvalue weighted by molar-refractivity contribution is 6.62. The van der Waals surface area contributed by atoms with Gasteiger partial charge in [0.25, 0.3) is 5.91 Å². The summed E-state index contributed by atoms with van der Waals surface area (Å²) in [6.07, 6.45) is 2.37. The lowest BCUT2D eigenvalue weighted by Crippen LogP contribution is -2.29. The van der Waals surface area contributed by atoms with Crippen LogP contribution < -0.4 is 15.7 Å². The fourth-order valence-corrected chi connectivity index (χ4v) is 4.12. The number of amides is 1. The van der Waals surface area contributed by atoms with Crippen LogP contribution >= 0.6 is 11.6 Å². The van der Waals surface area contributed by atoms with Gasteiger partial charge in [-0.05, 0) is 68.0 Å². The first-order valence-corrected chi connectivity index (χ1v) is 9.59. The third-order valence-electron chi connectivity index (χ3n) is 5.30. The van der Waals surface area contributed by atoms with Crippen LogP contribution in [0.15, 0.2) is 36.4 Å². The number of hydrogen-bond donors (Lipinski definition) is 2. The summed E-state index contributed by atoms with van der Waals surface area (Å²) in [5.74, 6) is -0.277. The number of carbonyl (C=O) groups excluding carboxylic acids is 1. The molecule has 0 bridgehead atoms. The standard InChI is InChI=1S/C20H22BClN2O3/c1-20(2)16-8-5-13(11-17(16)21(26)27-20)23-19(25)15-7-6-14(12-18(15)22)24-9-3-4-10-24/h5-8,11-12,26H,3-4,9-10H2,1-2H3,(H,23,25). The molecule has 4 rings (SSSR count). The number of benzene rings is 2. The van der Waals surface area contributed by atoms with Gasteiger partial charge in [0.2, 0.25) is 0 Å². The lowest BCUT2D eigenvalue weighted by Gasteiger charge is -2.20. The average molecular weight is 385 g/mol. The van der Waals surface area contributed by atoms with Crippen molar-refractivity contribution in [3.63, 3.8) is 0 Å². The number of nitrogens with one attached hydrogen (secondary N) is 1. The van der Waals surface area contributed by atoms with Gasteiger partial charge in [-0.2, -0.15) is 0 Å². The van der Waals surface area contributed by atoms with Crippen LogP contribution in [0, 0.1) is 0 Å². The molecule has 0 saturated carbocycles. The maximum atomic E-state index is 12.7. The van der Waals surface area contributed by atoms with Crippen LogP contribution in [0.3, 0.4) is 0 Å². The fourth-order valence-electron chi connectivity index (χ4n) is 3.86. The van der Waals surface area contributed by atoms with Gasteiger partial charge in [-0.3, -0.25) is 4.79 Å². The van der Waals surface area contributed by atoms with Gasteiger partial charge in [0.05, 0.1) is 16.2 Å². The molecule has 2 aromatic carbocycles. The molecular formula is C20H22BClN2O3. The third-order valence-corrected chi connectivity index (χ3v) is 5.61. The van der Waals surface area contributed by atoms with Crippen LogP contribution in [0.2, 0.25) is 5.02 Å². The lowest BCUT2D eigenvalue weighted by molar-refractivity contribution is 0.101. The van der Waals surface area contributed by atoms with Gasteiger partial charge in [-0.1, -0.05) is 17.7 Å². The first-order valence-electron chi connectivity index (χ1n) is 9.21. The molecule has 0 radical (unpaired) electrons. The molecule has 0 aliphatic carbocycles. The Bertz CT molecular complexity index is 897. The van der Waals surface area contributed by atoms with Crippen LogP contribution in [0.4, 0.5) is 11.4 Å². The van der Waals surface area contributed by atoms with E-state index in [9.17, 15) is 9.82 Å². The number of nitrogens with zero attached hydrogens (tertiary/aromatic N) is 1. The normalized spacial score (nSPS) is 17.9. The zero-order valence-corrected chi connectivity index (χ0v) is 16.2. The number of halogens is 1. The largest absolute Gasteiger partial charge is 0.492 e. The second-order valence-corrected chi connectivity index (χ2v) is 8.00. The summed E-state index contributed by atoms with van der Waals surface area (Å²) in [6, 6.07) is 11.0. The number of anilines is 2. The Morgan fingerprint density at radius 3 is 2.67 bits per heavy atom. The molecule has 140 valence electrons. The van der Waals surface area contributed by atoms with Gasteiger partial charge in [-0.15, -0.1) is 0 Å². The second-order valence-electron chi connectivity index (χ2n) is 7.59. The molecule has 0 atom stereocenters. The monoisotopic (exact) mass is 384 g/mol. The molecular weight excluding hydrogens is 362 g/mol. The Hall–Kier alpha value is -2.02. The molecule has 1 amide bonds. The van der Waals surface area contributed by atoms with Crippen molar-refractivity contribution in [1.82, 2.24) is 0 Å². The van der Waals surface area contributed by atoms with Gasteiger partial charge in [0, 0.05) is 24.5 Å². The molecule has 0 aromatic heterocycles. The van der Waals surface area contributed by atoms with Crippen LogP contribution in [0.1, 0.15) is 42.6 Å². The van der Waals surface area contributed by atoms with Crippen molar-refractivity contribution in [2.24, 2.45) is 0 Å². The Balaban J connectivity index is 1.54. The van der Waals surface area contributed by atoms with Crippen LogP contribution in [0.25, 0.3) is 0 Å². The molecule has 2 aliphatic rings. The zero-order chi connectivity index (χ0) is 19.2. The van der Waals surface area contributed by atoms with Gasteiger partial charge >= 0.3 is 7.12 Å². The van der Waals surface area contributed by atoms with E-state index < -0.39 is 12.7 Å². The highest BCUT2D eigenvalue weighted by Gasteiger charge is 2.40. The molecule has 5 nitrogen and oxygen atoms in total. The van der Waals surface area contributed by atoms with Gasteiger partial charge in [-0.25, -0.2) is 0 Å². The fraction of sp³-hybridized carbons (Fsp3) is 0.350. The Morgan fingerprint density at radius 2 is 1.96 bits per heavy atom. The highest BCUT2D eigenvalue weighted by Crippen LogP contribution is 2.31. The summed E-state index contributed by atoms with van der Waals surface area (Å²) in [4.78, 5) is 14.9. The molecule has 2 N–H and O–H groups in total. The first kappa shape index (κ1) is 18.4. The van der Waals surface area contributed by atoms with Crippen molar-refractivity contribution in [1.29, 1.82) is 0 Å². The third kappa shape index (κ3) is 3.45. The van der Waals surface area contributed by atoms with Crippen molar-refractivity contribution in [2.75, 3.05) is 23.3 Å². The van der Waals surface area contributed by atoms with Gasteiger partial charge in [0.1, 0.15) is 0 Å². The molecule has 27 heavy (non-hydrogen) atoms. The van der Waals surface area contributed by atoms with Crippen molar-refractivity contribution >= 4 is 41.5 Å². The molecule has 1 saturated heterocycles. The van der Waals surface area contributed by atoms with Crippen molar-refractivity contribution < 1.29 is 14.5 Å². The average Bonchev–Trinajstić information content (AvgIpc) is 3.22. The van der Waals surface area contributed by atoms with E-state index in [0.717, 1.165) is 24.3 Å². The van der Waals surface area contributed by atoms with Crippen molar-refractivity contribution in [3.8, 4) is 0 Å². The minimum Gasteiger partial charge on any atom is -0.423 e. The number of carbonyl (C=O) groups is 1. The van der Waals surface area contributed by atoms with E-state index >= 15 is 0 Å². The summed E-state index contributed by atoms with van der Waals surface area (Å²) < 4.78 is 5.56. The Morgan fingerprint density at radius 1 is 1.22 bits per heavy atom. The summed E-state index contributed by atoms with van der Waals surface area (Å²) in [6.45, 7) is 5.86. The SMILES string of the molecule is CC1(C)OB(O)c2cc(NC(=O)c3ccc(N4CCCC4)cc3Cl)ccc21.